The molecule has 0 radical (unpaired) electrons. The predicted molar refractivity (Wildman–Crippen MR) is 113 cm³/mol. The van der Waals surface area contributed by atoms with E-state index in [0.717, 1.165) is 10.2 Å². The molecule has 0 spiro atoms. The van der Waals surface area contributed by atoms with Crippen molar-refractivity contribution >= 4 is 55.7 Å². The lowest BCUT2D eigenvalue weighted by molar-refractivity contribution is -0.152. The normalized spacial score (nSPS) is 12.2. The zero-order valence-corrected chi connectivity index (χ0v) is 17.4. The summed E-state index contributed by atoms with van der Waals surface area (Å²) in [7, 11) is 0. The van der Waals surface area contributed by atoms with E-state index in [2.05, 4.69) is 4.98 Å². The number of halogens is 2. The SMILES string of the molecule is CC(Oc1ccc(Cl)cc1Cl)C(=O)OCc1cc(=O)n2c(n1)sc1ccccc12. The molecule has 4 aromatic rings. The number of nitrogens with zero attached hydrogens (tertiary/aromatic N) is 2. The smallest absolute Gasteiger partial charge is 0.347 e. The maximum Gasteiger partial charge on any atom is 0.347 e. The van der Waals surface area contributed by atoms with E-state index in [4.69, 9.17) is 32.7 Å². The minimum Gasteiger partial charge on any atom is -0.477 e. The van der Waals surface area contributed by atoms with E-state index in [-0.39, 0.29) is 12.2 Å². The number of benzene rings is 2. The van der Waals surface area contributed by atoms with Gasteiger partial charge in [0.25, 0.3) is 5.56 Å². The number of para-hydroxylation sites is 1. The lowest BCUT2D eigenvalue weighted by Gasteiger charge is -2.15. The summed E-state index contributed by atoms with van der Waals surface area (Å²) in [5, 5.41) is 0.758. The third-order valence-electron chi connectivity index (χ3n) is 4.14. The second-order valence-corrected chi connectivity index (χ2v) is 8.07. The van der Waals surface area contributed by atoms with Gasteiger partial charge in [0.2, 0.25) is 0 Å². The molecule has 0 saturated carbocycles. The van der Waals surface area contributed by atoms with Gasteiger partial charge >= 0.3 is 5.97 Å². The van der Waals surface area contributed by atoms with Crippen LogP contribution in [0, 0.1) is 0 Å². The average molecular weight is 449 g/mol. The van der Waals surface area contributed by atoms with Gasteiger partial charge in [-0.15, -0.1) is 0 Å². The molecule has 9 heteroatoms. The molecule has 0 fully saturated rings. The van der Waals surface area contributed by atoms with Gasteiger partial charge in [0.05, 0.1) is 20.9 Å². The summed E-state index contributed by atoms with van der Waals surface area (Å²) >= 11 is 13.3. The van der Waals surface area contributed by atoms with E-state index in [1.807, 2.05) is 24.3 Å². The van der Waals surface area contributed by atoms with Gasteiger partial charge in [-0.05, 0) is 37.3 Å². The van der Waals surface area contributed by atoms with Crippen molar-refractivity contribution in [2.45, 2.75) is 19.6 Å². The summed E-state index contributed by atoms with van der Waals surface area (Å²) in [6.45, 7) is 1.41. The maximum atomic E-state index is 12.5. The molecule has 0 amide bonds. The Morgan fingerprint density at radius 1 is 1.21 bits per heavy atom. The molecule has 29 heavy (non-hydrogen) atoms. The van der Waals surface area contributed by atoms with E-state index in [1.165, 1.54) is 23.5 Å². The number of fused-ring (bicyclic) bond motifs is 3. The minimum atomic E-state index is -0.900. The van der Waals surface area contributed by atoms with Crippen LogP contribution in [0.4, 0.5) is 0 Å². The van der Waals surface area contributed by atoms with Crippen molar-refractivity contribution in [2.75, 3.05) is 0 Å². The monoisotopic (exact) mass is 448 g/mol. The quantitative estimate of drug-likeness (QED) is 0.412. The molecule has 1 unspecified atom stereocenters. The largest absolute Gasteiger partial charge is 0.477 e. The molecule has 0 aliphatic carbocycles. The maximum absolute atomic E-state index is 12.5. The van der Waals surface area contributed by atoms with Gasteiger partial charge in [-0.2, -0.15) is 0 Å². The van der Waals surface area contributed by atoms with Gasteiger partial charge < -0.3 is 9.47 Å². The molecule has 2 aromatic heterocycles. The predicted octanol–water partition coefficient (Wildman–Crippen LogP) is 4.73. The zero-order chi connectivity index (χ0) is 20.5. The number of rotatable bonds is 5. The number of esters is 1. The number of aromatic nitrogens is 2. The summed E-state index contributed by atoms with van der Waals surface area (Å²) in [4.78, 5) is 29.7. The van der Waals surface area contributed by atoms with Crippen LogP contribution >= 0.6 is 34.5 Å². The van der Waals surface area contributed by atoms with Crippen molar-refractivity contribution in [3.8, 4) is 5.75 Å². The fraction of sp³-hybridized carbons (Fsp3) is 0.150. The molecule has 2 aromatic carbocycles. The zero-order valence-electron chi connectivity index (χ0n) is 15.1. The molecule has 4 rings (SSSR count). The number of carbonyl (C=O) groups is 1. The van der Waals surface area contributed by atoms with Gasteiger partial charge in [-0.25, -0.2) is 9.78 Å². The Labute approximate surface area is 179 Å². The van der Waals surface area contributed by atoms with Crippen LogP contribution in [0.2, 0.25) is 10.0 Å². The van der Waals surface area contributed by atoms with E-state index in [1.54, 1.807) is 23.5 Å². The molecule has 0 saturated heterocycles. The minimum absolute atomic E-state index is 0.138. The first-order valence-corrected chi connectivity index (χ1v) is 10.2. The molecule has 0 aliphatic heterocycles. The topological polar surface area (TPSA) is 69.9 Å². The first kappa shape index (κ1) is 19.7. The summed E-state index contributed by atoms with van der Waals surface area (Å²) in [6, 6.07) is 13.6. The summed E-state index contributed by atoms with van der Waals surface area (Å²) in [5.74, 6) is -0.280. The molecular formula is C20H14Cl2N2O4S. The van der Waals surface area contributed by atoms with Crippen LogP contribution in [0.25, 0.3) is 15.2 Å². The van der Waals surface area contributed by atoms with E-state index in [9.17, 15) is 9.59 Å². The highest BCUT2D eigenvalue weighted by atomic mass is 35.5. The van der Waals surface area contributed by atoms with Crippen LogP contribution in [0.5, 0.6) is 5.75 Å². The van der Waals surface area contributed by atoms with Crippen molar-refractivity contribution < 1.29 is 14.3 Å². The second kappa shape index (κ2) is 8.02. The Morgan fingerprint density at radius 2 is 2.00 bits per heavy atom. The molecule has 6 nitrogen and oxygen atoms in total. The fourth-order valence-electron chi connectivity index (χ4n) is 2.77. The summed E-state index contributed by atoms with van der Waals surface area (Å²) in [5.41, 5.74) is 0.942. The van der Waals surface area contributed by atoms with Crippen LogP contribution in [-0.2, 0) is 16.1 Å². The first-order valence-electron chi connectivity index (χ1n) is 8.61. The number of hydrogen-bond donors (Lipinski definition) is 0. The van der Waals surface area contributed by atoms with E-state index in [0.29, 0.717) is 26.4 Å². The lowest BCUT2D eigenvalue weighted by atomic mass is 10.3. The van der Waals surface area contributed by atoms with Gasteiger partial charge in [-0.1, -0.05) is 46.7 Å². The van der Waals surface area contributed by atoms with Crippen molar-refractivity contribution in [3.63, 3.8) is 0 Å². The van der Waals surface area contributed by atoms with Crippen molar-refractivity contribution in [2.24, 2.45) is 0 Å². The van der Waals surface area contributed by atoms with Gasteiger partial charge in [0, 0.05) is 11.1 Å². The molecule has 2 heterocycles. The van der Waals surface area contributed by atoms with Crippen LogP contribution in [0.3, 0.4) is 0 Å². The Morgan fingerprint density at radius 3 is 2.79 bits per heavy atom. The lowest BCUT2D eigenvalue weighted by Crippen LogP contribution is -2.26. The fourth-order valence-corrected chi connectivity index (χ4v) is 4.27. The molecule has 0 bridgehead atoms. The third-order valence-corrected chi connectivity index (χ3v) is 5.69. The van der Waals surface area contributed by atoms with Crippen LogP contribution in [0.1, 0.15) is 12.6 Å². The van der Waals surface area contributed by atoms with Crippen molar-refractivity contribution in [1.29, 1.82) is 0 Å². The van der Waals surface area contributed by atoms with Crippen molar-refractivity contribution in [1.82, 2.24) is 9.38 Å². The number of carbonyl (C=O) groups excluding carboxylic acids is 1. The highest BCUT2D eigenvalue weighted by molar-refractivity contribution is 7.23. The van der Waals surface area contributed by atoms with Gasteiger partial charge in [0.1, 0.15) is 12.4 Å². The Bertz CT molecular complexity index is 1280. The number of thiazole rings is 1. The molecular weight excluding hydrogens is 435 g/mol. The summed E-state index contributed by atoms with van der Waals surface area (Å²) in [6.07, 6.45) is -0.900. The van der Waals surface area contributed by atoms with Crippen LogP contribution < -0.4 is 10.3 Å². The molecule has 1 atom stereocenters. The molecule has 0 N–H and O–H groups in total. The van der Waals surface area contributed by atoms with E-state index >= 15 is 0 Å². The highest BCUT2D eigenvalue weighted by Gasteiger charge is 2.19. The van der Waals surface area contributed by atoms with Crippen molar-refractivity contribution in [3.05, 3.63) is 74.6 Å². The van der Waals surface area contributed by atoms with Crippen LogP contribution in [-0.4, -0.2) is 21.5 Å². The highest BCUT2D eigenvalue weighted by Crippen LogP contribution is 2.28. The summed E-state index contributed by atoms with van der Waals surface area (Å²) < 4.78 is 13.3. The Kier molecular flexibility index (Phi) is 5.45. The molecule has 0 aliphatic rings. The Hall–Kier alpha value is -2.61. The van der Waals surface area contributed by atoms with Gasteiger partial charge in [-0.3, -0.25) is 9.20 Å². The first-order chi connectivity index (χ1) is 13.9. The average Bonchev–Trinajstić information content (AvgIpc) is 3.07. The molecule has 148 valence electrons. The Balaban J connectivity index is 1.48. The number of ether oxygens (including phenoxy) is 2. The third kappa shape index (κ3) is 4.07. The standard InChI is InChI=1S/C20H14Cl2N2O4S/c1-11(28-16-7-6-12(21)8-14(16)22)19(26)27-10-13-9-18(25)24-15-4-2-3-5-17(15)29-20(24)23-13/h2-9,11H,10H2,1H3. The van der Waals surface area contributed by atoms with E-state index < -0.39 is 12.1 Å². The second-order valence-electron chi connectivity index (χ2n) is 6.22. The number of hydrogen-bond acceptors (Lipinski definition) is 6. The van der Waals surface area contributed by atoms with Crippen LogP contribution in [0.15, 0.2) is 53.3 Å². The van der Waals surface area contributed by atoms with Gasteiger partial charge in [0.15, 0.2) is 11.1 Å².